The van der Waals surface area contributed by atoms with Gasteiger partial charge < -0.3 is 9.64 Å². The fourth-order valence-corrected chi connectivity index (χ4v) is 4.91. The van der Waals surface area contributed by atoms with Crippen LogP contribution in [0.15, 0.2) is 150 Å². The zero-order valence-corrected chi connectivity index (χ0v) is 21.4. The summed E-state index contributed by atoms with van der Waals surface area (Å²) in [7, 11) is 0. The molecule has 0 saturated carbocycles. The first-order valence-corrected chi connectivity index (χ1v) is 12.8. The zero-order valence-electron chi connectivity index (χ0n) is 21.4. The third-order valence-corrected chi connectivity index (χ3v) is 6.71. The lowest BCUT2D eigenvalue weighted by Crippen LogP contribution is -2.09. The van der Waals surface area contributed by atoms with Crippen molar-refractivity contribution in [2.24, 2.45) is 0 Å². The molecule has 4 nitrogen and oxygen atoms in total. The Hall–Kier alpha value is -5.22. The van der Waals surface area contributed by atoms with E-state index < -0.39 is 0 Å². The molecule has 0 saturated heterocycles. The Labute approximate surface area is 227 Å². The second-order valence-electron chi connectivity index (χ2n) is 9.37. The van der Waals surface area contributed by atoms with Crippen molar-refractivity contribution < 1.29 is 14.3 Å². The summed E-state index contributed by atoms with van der Waals surface area (Å²) in [5.74, 6) is 0.697. The largest absolute Gasteiger partial charge is 0.462 e. The minimum atomic E-state index is -0.242. The summed E-state index contributed by atoms with van der Waals surface area (Å²) in [6.07, 6.45) is 7.31. The highest BCUT2D eigenvalue weighted by atomic mass is 16.5. The number of para-hydroxylation sites is 2. The number of ketones is 2. The highest BCUT2D eigenvalue weighted by molar-refractivity contribution is 6.40. The molecule has 0 radical (unpaired) electrons. The number of benzene rings is 4. The molecule has 188 valence electrons. The van der Waals surface area contributed by atoms with Gasteiger partial charge in [0.1, 0.15) is 11.5 Å². The van der Waals surface area contributed by atoms with Gasteiger partial charge >= 0.3 is 0 Å². The van der Waals surface area contributed by atoms with E-state index in [1.165, 1.54) is 0 Å². The van der Waals surface area contributed by atoms with Crippen molar-refractivity contribution in [3.8, 4) is 0 Å². The van der Waals surface area contributed by atoms with Gasteiger partial charge in [-0.15, -0.1) is 0 Å². The maximum Gasteiger partial charge on any atom is 0.198 e. The Morgan fingerprint density at radius 3 is 1.67 bits per heavy atom. The normalized spacial score (nSPS) is 14.7. The second kappa shape index (κ2) is 10.3. The minimum absolute atomic E-state index is 0.191. The molecule has 0 aromatic heterocycles. The van der Waals surface area contributed by atoms with E-state index in [9.17, 15) is 9.59 Å². The minimum Gasteiger partial charge on any atom is -0.462 e. The van der Waals surface area contributed by atoms with E-state index in [0.29, 0.717) is 28.2 Å². The molecule has 0 bridgehead atoms. The summed E-state index contributed by atoms with van der Waals surface area (Å²) in [6.45, 7) is 1.81. The lowest BCUT2D eigenvalue weighted by atomic mass is 10.0. The number of fused-ring (bicyclic) bond motifs is 1. The molecule has 1 heterocycles. The highest BCUT2D eigenvalue weighted by Gasteiger charge is 2.35. The van der Waals surface area contributed by atoms with Crippen LogP contribution < -0.4 is 4.90 Å². The van der Waals surface area contributed by atoms with Crippen LogP contribution in [0.4, 0.5) is 17.1 Å². The zero-order chi connectivity index (χ0) is 26.8. The van der Waals surface area contributed by atoms with Crippen molar-refractivity contribution in [3.05, 3.63) is 167 Å². The quantitative estimate of drug-likeness (QED) is 0.201. The van der Waals surface area contributed by atoms with Crippen LogP contribution in [0.3, 0.4) is 0 Å². The molecule has 39 heavy (non-hydrogen) atoms. The Morgan fingerprint density at radius 2 is 1.10 bits per heavy atom. The van der Waals surface area contributed by atoms with Crippen molar-refractivity contribution in [1.82, 2.24) is 0 Å². The first-order valence-electron chi connectivity index (χ1n) is 12.8. The van der Waals surface area contributed by atoms with E-state index in [1.54, 1.807) is 36.4 Å². The maximum absolute atomic E-state index is 13.0. The molecule has 2 aliphatic rings. The first kappa shape index (κ1) is 24.1. The summed E-state index contributed by atoms with van der Waals surface area (Å²) in [5, 5.41) is 0. The molecule has 4 aromatic rings. The number of carbonyl (C=O) groups is 2. The van der Waals surface area contributed by atoms with Crippen molar-refractivity contribution in [2.45, 2.75) is 6.92 Å². The predicted octanol–water partition coefficient (Wildman–Crippen LogP) is 8.36. The Balaban J connectivity index is 1.28. The van der Waals surface area contributed by atoms with E-state index in [-0.39, 0.29) is 17.1 Å². The van der Waals surface area contributed by atoms with Gasteiger partial charge in [-0.1, -0.05) is 78.9 Å². The first-order chi connectivity index (χ1) is 19.1. The molecule has 0 unspecified atom stereocenters. The maximum atomic E-state index is 13.0. The molecular weight excluding hydrogens is 482 g/mol. The SMILES string of the molecule is CC1=CC(=C2C(=O)c3ccccc3C2=O)C=C(C=Cc2ccc(N(c3ccccc3)c3ccccc3)cc2)O1. The number of nitrogens with zero attached hydrogens (tertiary/aromatic N) is 1. The van der Waals surface area contributed by atoms with Gasteiger partial charge in [-0.25, -0.2) is 0 Å². The van der Waals surface area contributed by atoms with E-state index in [2.05, 4.69) is 53.4 Å². The monoisotopic (exact) mass is 507 g/mol. The second-order valence-corrected chi connectivity index (χ2v) is 9.37. The molecule has 0 fully saturated rings. The van der Waals surface area contributed by atoms with Gasteiger partial charge in [0.05, 0.1) is 5.57 Å². The molecule has 0 amide bonds. The summed E-state index contributed by atoms with van der Waals surface area (Å²) < 4.78 is 5.89. The average Bonchev–Trinajstić information content (AvgIpc) is 3.23. The third-order valence-electron chi connectivity index (χ3n) is 6.71. The molecule has 4 aromatic carbocycles. The van der Waals surface area contributed by atoms with Crippen molar-refractivity contribution in [2.75, 3.05) is 4.90 Å². The number of anilines is 3. The number of Topliss-reactive ketones (excluding diaryl/α,β-unsaturated/α-hetero) is 2. The van der Waals surface area contributed by atoms with E-state index in [1.807, 2.05) is 55.5 Å². The number of carbonyl (C=O) groups excluding carboxylic acids is 2. The van der Waals surface area contributed by atoms with Gasteiger partial charge in [-0.3, -0.25) is 9.59 Å². The Kier molecular flexibility index (Phi) is 6.36. The smallest absolute Gasteiger partial charge is 0.198 e. The predicted molar refractivity (Wildman–Crippen MR) is 155 cm³/mol. The molecule has 6 rings (SSSR count). The average molecular weight is 508 g/mol. The topological polar surface area (TPSA) is 46.6 Å². The lowest BCUT2D eigenvalue weighted by molar-refractivity contribution is 0.0988. The van der Waals surface area contributed by atoms with Gasteiger partial charge in [-0.05, 0) is 72.7 Å². The number of hydrogen-bond acceptors (Lipinski definition) is 4. The molecule has 0 atom stereocenters. The number of allylic oxidation sites excluding steroid dienone is 6. The Bertz CT molecular complexity index is 1620. The van der Waals surface area contributed by atoms with Crippen LogP contribution in [0, 0.1) is 0 Å². The third kappa shape index (κ3) is 4.76. The number of rotatable bonds is 5. The van der Waals surface area contributed by atoms with Crippen LogP contribution >= 0.6 is 0 Å². The molecule has 1 aliphatic carbocycles. The van der Waals surface area contributed by atoms with Gasteiger partial charge in [0.25, 0.3) is 0 Å². The van der Waals surface area contributed by atoms with Gasteiger partial charge in [0.2, 0.25) is 0 Å². The molecule has 1 aliphatic heterocycles. The summed E-state index contributed by atoms with van der Waals surface area (Å²) in [6, 6.07) is 35.7. The van der Waals surface area contributed by atoms with E-state index in [4.69, 9.17) is 4.74 Å². The fraction of sp³-hybridized carbons (Fsp3) is 0.0286. The molecule has 4 heteroatoms. The van der Waals surface area contributed by atoms with Crippen LogP contribution in [-0.4, -0.2) is 11.6 Å². The summed E-state index contributed by atoms with van der Waals surface area (Å²) >= 11 is 0. The standard InChI is InChI=1S/C35H25NO3/c1-24-22-26(33-34(37)31-14-8-9-15-32(31)35(33)38)23-30(39-24)21-18-25-16-19-29(20-17-25)36(27-10-4-2-5-11-27)28-12-6-3-7-13-28/h2-23H,1H3. The van der Waals surface area contributed by atoms with Gasteiger partial charge in [-0.2, -0.15) is 0 Å². The van der Waals surface area contributed by atoms with Crippen LogP contribution in [0.5, 0.6) is 0 Å². The number of hydrogen-bond donors (Lipinski definition) is 0. The van der Waals surface area contributed by atoms with E-state index >= 15 is 0 Å². The Morgan fingerprint density at radius 1 is 0.590 bits per heavy atom. The van der Waals surface area contributed by atoms with Crippen molar-refractivity contribution >= 4 is 34.7 Å². The van der Waals surface area contributed by atoms with Gasteiger partial charge in [0.15, 0.2) is 11.6 Å². The summed E-state index contributed by atoms with van der Waals surface area (Å²) in [5.41, 5.74) is 5.86. The highest BCUT2D eigenvalue weighted by Crippen LogP contribution is 2.35. The summed E-state index contributed by atoms with van der Waals surface area (Å²) in [4.78, 5) is 28.2. The molecule has 0 spiro atoms. The molecule has 0 N–H and O–H groups in total. The van der Waals surface area contributed by atoms with Crippen LogP contribution in [0.2, 0.25) is 0 Å². The van der Waals surface area contributed by atoms with E-state index in [0.717, 1.165) is 22.6 Å². The van der Waals surface area contributed by atoms with Crippen LogP contribution in [-0.2, 0) is 4.74 Å². The van der Waals surface area contributed by atoms with Crippen molar-refractivity contribution in [1.29, 1.82) is 0 Å². The molecular formula is C35H25NO3. The van der Waals surface area contributed by atoms with Crippen LogP contribution in [0.25, 0.3) is 6.08 Å². The number of ether oxygens (including phenoxy) is 1. The van der Waals surface area contributed by atoms with Crippen molar-refractivity contribution in [3.63, 3.8) is 0 Å². The van der Waals surface area contributed by atoms with Crippen LogP contribution in [0.1, 0.15) is 33.2 Å². The van der Waals surface area contributed by atoms with Gasteiger partial charge in [0, 0.05) is 28.2 Å². The fourth-order valence-electron chi connectivity index (χ4n) is 4.91. The lowest BCUT2D eigenvalue weighted by Gasteiger charge is -2.25.